The lowest BCUT2D eigenvalue weighted by atomic mass is 9.86. The molecule has 1 aliphatic rings. The molecule has 9 nitrogen and oxygen atoms in total. The molecular formula is C33H41N5O4. The average molecular weight is 572 g/mol. The van der Waals surface area contributed by atoms with Crippen molar-refractivity contribution in [3.63, 3.8) is 0 Å². The molecule has 0 aliphatic carbocycles. The molecule has 1 aliphatic heterocycles. The first kappa shape index (κ1) is 30.7. The monoisotopic (exact) mass is 571 g/mol. The number of anilines is 2. The van der Waals surface area contributed by atoms with Gasteiger partial charge in [0.1, 0.15) is 11.6 Å². The maximum atomic E-state index is 12.9. The number of fused-ring (bicyclic) bond motifs is 1. The number of ether oxygens (including phenoxy) is 2. The molecule has 0 amide bonds. The van der Waals surface area contributed by atoms with Crippen molar-refractivity contribution in [3.8, 4) is 0 Å². The minimum absolute atomic E-state index is 0.193. The van der Waals surface area contributed by atoms with Crippen LogP contribution in [-0.2, 0) is 14.3 Å². The number of rotatable bonds is 10. The highest BCUT2D eigenvalue weighted by Crippen LogP contribution is 2.33. The Bertz CT molecular complexity index is 1580. The lowest BCUT2D eigenvalue weighted by Crippen LogP contribution is -2.37. The van der Waals surface area contributed by atoms with Crippen LogP contribution in [0.5, 0.6) is 0 Å². The Hall–Kier alpha value is -4.24. The van der Waals surface area contributed by atoms with Crippen molar-refractivity contribution in [1.82, 2.24) is 14.9 Å². The van der Waals surface area contributed by atoms with Crippen LogP contribution in [0.4, 0.5) is 11.5 Å². The number of aromatic nitrogens is 2. The fourth-order valence-corrected chi connectivity index (χ4v) is 5.30. The van der Waals surface area contributed by atoms with E-state index in [2.05, 4.69) is 46.2 Å². The molecule has 9 heteroatoms. The average Bonchev–Trinajstić information content (AvgIpc) is 2.99. The summed E-state index contributed by atoms with van der Waals surface area (Å²) in [6, 6.07) is 10.1. The predicted molar refractivity (Wildman–Crippen MR) is 169 cm³/mol. The number of aromatic amines is 1. The number of aryl methyl sites for hydroxylation is 1. The zero-order valence-electron chi connectivity index (χ0n) is 25.4. The summed E-state index contributed by atoms with van der Waals surface area (Å²) >= 11 is 0. The number of piperidine rings is 1. The van der Waals surface area contributed by atoms with Crippen molar-refractivity contribution in [1.29, 1.82) is 0 Å². The quantitative estimate of drug-likeness (QED) is 0.172. The van der Waals surface area contributed by atoms with E-state index < -0.39 is 0 Å². The molecular weight excluding hydrogens is 530 g/mol. The number of aliphatic imine (C=N–C) groups is 1. The van der Waals surface area contributed by atoms with E-state index in [4.69, 9.17) is 14.5 Å². The third-order valence-electron chi connectivity index (χ3n) is 7.93. The largest absolute Gasteiger partial charge is 0.495 e. The van der Waals surface area contributed by atoms with Crippen LogP contribution in [0.2, 0.25) is 0 Å². The number of esters is 1. The molecule has 4 rings (SSSR count). The number of pyridine rings is 2. The van der Waals surface area contributed by atoms with Crippen molar-refractivity contribution in [2.75, 3.05) is 39.2 Å². The lowest BCUT2D eigenvalue weighted by molar-refractivity contribution is -0.142. The third-order valence-corrected chi connectivity index (χ3v) is 7.93. The maximum Gasteiger partial charge on any atom is 0.319 e. The van der Waals surface area contributed by atoms with Gasteiger partial charge in [0.05, 0.1) is 38.1 Å². The van der Waals surface area contributed by atoms with Crippen LogP contribution in [0.3, 0.4) is 0 Å². The van der Waals surface area contributed by atoms with E-state index in [-0.39, 0.29) is 11.5 Å². The highest BCUT2D eigenvalue weighted by molar-refractivity contribution is 5.94. The molecule has 1 saturated heterocycles. The third kappa shape index (κ3) is 7.33. The number of nitrogens with zero attached hydrogens (tertiary/aromatic N) is 3. The van der Waals surface area contributed by atoms with Crippen LogP contribution >= 0.6 is 0 Å². The molecule has 0 saturated carbocycles. The van der Waals surface area contributed by atoms with Gasteiger partial charge in [-0.15, -0.1) is 0 Å². The molecule has 2 aromatic heterocycles. The second-order valence-electron chi connectivity index (χ2n) is 10.7. The lowest BCUT2D eigenvalue weighted by Gasteiger charge is -2.32. The van der Waals surface area contributed by atoms with Gasteiger partial charge in [-0.3, -0.25) is 19.5 Å². The molecule has 2 N–H and O–H groups in total. The fourth-order valence-electron chi connectivity index (χ4n) is 5.30. The van der Waals surface area contributed by atoms with Crippen molar-refractivity contribution in [2.45, 2.75) is 52.9 Å². The highest BCUT2D eigenvalue weighted by Gasteiger charge is 2.23. The molecule has 0 radical (unpaired) electrons. The predicted octanol–water partition coefficient (Wildman–Crippen LogP) is 6.09. The van der Waals surface area contributed by atoms with Crippen LogP contribution in [0.25, 0.3) is 16.3 Å². The summed E-state index contributed by atoms with van der Waals surface area (Å²) in [5.74, 6) is 1.47. The van der Waals surface area contributed by atoms with Gasteiger partial charge in [-0.2, -0.15) is 0 Å². The summed E-state index contributed by atoms with van der Waals surface area (Å²) < 4.78 is 10.3. The van der Waals surface area contributed by atoms with Crippen LogP contribution in [0, 0.1) is 6.92 Å². The SMILES string of the molecule is CCC(C)=C(C=N/C=C(\C)c1cc2cc[nH]c(=O)c2c(Nc2ccc(C3CCN(CC(=O)OC)CC3)c(C)c2)n1)OC. The summed E-state index contributed by atoms with van der Waals surface area (Å²) in [5.41, 5.74) is 5.83. The first-order chi connectivity index (χ1) is 20.2. The van der Waals surface area contributed by atoms with Gasteiger partial charge in [0.2, 0.25) is 0 Å². The van der Waals surface area contributed by atoms with Gasteiger partial charge in [0, 0.05) is 18.1 Å². The summed E-state index contributed by atoms with van der Waals surface area (Å²) in [4.78, 5) is 38.7. The highest BCUT2D eigenvalue weighted by atomic mass is 16.5. The van der Waals surface area contributed by atoms with Crippen molar-refractivity contribution in [2.24, 2.45) is 4.99 Å². The molecule has 0 atom stereocenters. The van der Waals surface area contributed by atoms with E-state index in [1.54, 1.807) is 25.7 Å². The summed E-state index contributed by atoms with van der Waals surface area (Å²) in [7, 11) is 3.07. The number of methoxy groups -OCH3 is 2. The Labute approximate surface area is 247 Å². The summed E-state index contributed by atoms with van der Waals surface area (Å²) in [6.07, 6.45) is 7.96. The Kier molecular flexibility index (Phi) is 10.3. The molecule has 3 aromatic rings. The number of carbonyl (C=O) groups excluding carboxylic acids is 1. The van der Waals surface area contributed by atoms with Crippen LogP contribution < -0.4 is 10.9 Å². The Morgan fingerprint density at radius 1 is 1.17 bits per heavy atom. The smallest absolute Gasteiger partial charge is 0.319 e. The van der Waals surface area contributed by atoms with Crippen molar-refractivity contribution >= 4 is 40.0 Å². The molecule has 222 valence electrons. The van der Waals surface area contributed by atoms with Crippen LogP contribution in [-0.4, -0.2) is 60.9 Å². The number of nitrogens with one attached hydrogen (secondary N) is 2. The van der Waals surface area contributed by atoms with E-state index in [1.165, 1.54) is 18.2 Å². The van der Waals surface area contributed by atoms with Gasteiger partial charge in [-0.1, -0.05) is 13.0 Å². The number of hydrogen-bond donors (Lipinski definition) is 2. The Morgan fingerprint density at radius 3 is 2.60 bits per heavy atom. The van der Waals surface area contributed by atoms with Gasteiger partial charge in [0.15, 0.2) is 0 Å². The van der Waals surface area contributed by atoms with Gasteiger partial charge >= 0.3 is 5.97 Å². The van der Waals surface area contributed by atoms with Gasteiger partial charge in [0.25, 0.3) is 5.56 Å². The number of carbonyl (C=O) groups is 1. The van der Waals surface area contributed by atoms with E-state index in [0.29, 0.717) is 23.7 Å². The molecule has 1 aromatic carbocycles. The van der Waals surface area contributed by atoms with Crippen LogP contribution in [0.1, 0.15) is 62.8 Å². The van der Waals surface area contributed by atoms with E-state index in [1.807, 2.05) is 32.0 Å². The van der Waals surface area contributed by atoms with Crippen LogP contribution in [0.15, 0.2) is 63.8 Å². The van der Waals surface area contributed by atoms with Gasteiger partial charge < -0.3 is 19.8 Å². The summed E-state index contributed by atoms with van der Waals surface area (Å²) in [5, 5.41) is 4.70. The standard InChI is InChI=1S/C33H41N5O4/c1-7-21(2)29(41-5)19-34-18-23(4)28-17-25-10-13-35-33(40)31(25)32(37-28)36-26-8-9-27(22(3)16-26)24-11-14-38(15-12-24)20-30(39)42-6/h8-10,13,16-19,24H,7,11-12,14-15,20H2,1-6H3,(H,35,40)(H,36,37)/b23-18+,29-21?,34-19?. The first-order valence-electron chi connectivity index (χ1n) is 14.4. The zero-order valence-corrected chi connectivity index (χ0v) is 25.4. The Balaban J connectivity index is 1.58. The molecule has 0 bridgehead atoms. The van der Waals surface area contributed by atoms with Gasteiger partial charge in [-0.25, -0.2) is 4.98 Å². The molecule has 42 heavy (non-hydrogen) atoms. The van der Waals surface area contributed by atoms with E-state index in [9.17, 15) is 9.59 Å². The summed E-state index contributed by atoms with van der Waals surface area (Å²) in [6.45, 7) is 10.2. The minimum atomic E-state index is -0.203. The first-order valence-corrected chi connectivity index (χ1v) is 14.4. The topological polar surface area (TPSA) is 109 Å². The normalized spacial score (nSPS) is 15.6. The van der Waals surface area contributed by atoms with E-state index in [0.717, 1.165) is 66.0 Å². The number of allylic oxidation sites excluding steroid dienone is 3. The second-order valence-corrected chi connectivity index (χ2v) is 10.7. The van der Waals surface area contributed by atoms with Gasteiger partial charge in [-0.05, 0) is 111 Å². The number of hydrogen-bond acceptors (Lipinski definition) is 8. The second kappa shape index (κ2) is 14.1. The Morgan fingerprint density at radius 2 is 1.93 bits per heavy atom. The van der Waals surface area contributed by atoms with E-state index >= 15 is 0 Å². The van der Waals surface area contributed by atoms with Crippen molar-refractivity contribution < 1.29 is 14.3 Å². The molecule has 3 heterocycles. The molecule has 0 spiro atoms. The van der Waals surface area contributed by atoms with Crippen molar-refractivity contribution in [3.05, 3.63) is 81.2 Å². The molecule has 1 fully saturated rings. The molecule has 0 unspecified atom stereocenters. The zero-order chi connectivity index (χ0) is 30.2. The number of likely N-dealkylation sites (tertiary alicyclic amines) is 1. The fraction of sp³-hybridized carbons (Fsp3) is 0.394. The minimum Gasteiger partial charge on any atom is -0.495 e. The number of H-pyrrole nitrogens is 1. The maximum absolute atomic E-state index is 12.9. The number of benzene rings is 1.